The lowest BCUT2D eigenvalue weighted by Gasteiger charge is -2.05. The normalized spacial score (nSPS) is 11.8. The highest BCUT2D eigenvalue weighted by atomic mass is 127. The summed E-state index contributed by atoms with van der Waals surface area (Å²) in [7, 11) is -4.17. The Kier molecular flexibility index (Phi) is 18.1. The van der Waals surface area contributed by atoms with Crippen LogP contribution in [0, 0.1) is 7.40 Å². The summed E-state index contributed by atoms with van der Waals surface area (Å²) in [5, 5.41) is 3.03. The maximum Gasteiger partial charge on any atom is 0.245 e. The van der Waals surface area contributed by atoms with Gasteiger partial charge in [-0.2, -0.15) is 0 Å². The number of aryl methyl sites for hydroxylation is 2. The first kappa shape index (κ1) is 32.1. The molecule has 0 saturated carbocycles. The minimum atomic E-state index is -4.17. The highest BCUT2D eigenvalue weighted by molar-refractivity contribution is 14.1. The number of aromatic nitrogens is 2. The third kappa shape index (κ3) is 15.9. The molecule has 0 atom stereocenters. The van der Waals surface area contributed by atoms with Crippen LogP contribution in [-0.2, 0) is 28.0 Å². The molecule has 1 aromatic heterocycles. The Hall–Kier alpha value is 0.0500. The van der Waals surface area contributed by atoms with Gasteiger partial charge in [-0.15, -0.1) is 0 Å². The molecular formula is C24H43I2N3O4S. The molecule has 1 amide bonds. The van der Waals surface area contributed by atoms with Crippen LogP contribution >= 0.6 is 45.2 Å². The predicted molar refractivity (Wildman–Crippen MR) is 153 cm³/mol. The van der Waals surface area contributed by atoms with E-state index in [1.54, 1.807) is 0 Å². The van der Waals surface area contributed by atoms with E-state index >= 15 is 0 Å². The number of carbonyl (C=O) groups is 1. The molecule has 0 aliphatic rings. The molecule has 1 heterocycles. The van der Waals surface area contributed by atoms with Crippen molar-refractivity contribution in [2.45, 2.75) is 116 Å². The van der Waals surface area contributed by atoms with Crippen molar-refractivity contribution in [2.75, 3.05) is 12.3 Å². The lowest BCUT2D eigenvalue weighted by molar-refractivity contribution is -0.708. The van der Waals surface area contributed by atoms with Crippen molar-refractivity contribution in [2.24, 2.45) is 0 Å². The molecule has 198 valence electrons. The van der Waals surface area contributed by atoms with Crippen molar-refractivity contribution in [3.8, 4) is 0 Å². The monoisotopic (exact) mass is 723 g/mol. The molecule has 10 heteroatoms. The van der Waals surface area contributed by atoms with Gasteiger partial charge in [-0.05, 0) is 19.3 Å². The van der Waals surface area contributed by atoms with E-state index in [9.17, 15) is 17.8 Å². The maximum atomic E-state index is 12.1. The summed E-state index contributed by atoms with van der Waals surface area (Å²) in [6, 6.07) is 0. The van der Waals surface area contributed by atoms with E-state index in [1.807, 2.05) is 10.9 Å². The second kappa shape index (κ2) is 19.2. The average molecular weight is 724 g/mol. The molecule has 0 unspecified atom stereocenters. The Bertz CT molecular complexity index is 800. The molecule has 0 bridgehead atoms. The second-order valence-electron chi connectivity index (χ2n) is 9.04. The lowest BCUT2D eigenvalue weighted by atomic mass is 10.1. The summed E-state index contributed by atoms with van der Waals surface area (Å²) in [5.74, 6) is -0.245. The van der Waals surface area contributed by atoms with Gasteiger partial charge in [0.1, 0.15) is 0 Å². The Morgan fingerprint density at radius 1 is 0.941 bits per heavy atom. The first-order chi connectivity index (χ1) is 16.2. The Labute approximate surface area is 234 Å². The van der Waals surface area contributed by atoms with Crippen molar-refractivity contribution in [1.29, 1.82) is 0 Å². The largest absolute Gasteiger partial charge is 0.748 e. The quantitative estimate of drug-likeness (QED) is 0.0783. The molecule has 34 heavy (non-hydrogen) atoms. The maximum absolute atomic E-state index is 12.1. The topological polar surface area (TPSA) is 95.1 Å². The summed E-state index contributed by atoms with van der Waals surface area (Å²) >= 11 is 4.48. The minimum absolute atomic E-state index is 0.105. The molecular weight excluding hydrogens is 680 g/mol. The van der Waals surface area contributed by atoms with Gasteiger partial charge in [0.05, 0.1) is 23.2 Å². The van der Waals surface area contributed by atoms with Crippen molar-refractivity contribution >= 4 is 61.2 Å². The molecule has 0 radical (unpaired) electrons. The molecule has 1 aromatic rings. The second-order valence-corrected chi connectivity index (χ2v) is 12.6. The van der Waals surface area contributed by atoms with Gasteiger partial charge in [-0.25, -0.2) is 17.6 Å². The predicted octanol–water partition coefficient (Wildman–Crippen LogP) is 5.52. The highest BCUT2D eigenvalue weighted by Crippen LogP contribution is 2.14. The number of carbonyl (C=O) groups excluding carboxylic acids is 1. The van der Waals surface area contributed by atoms with E-state index in [-0.39, 0.29) is 11.7 Å². The van der Waals surface area contributed by atoms with Gasteiger partial charge in [-0.1, -0.05) is 77.6 Å². The summed E-state index contributed by atoms with van der Waals surface area (Å²) in [4.78, 5) is 12.1. The van der Waals surface area contributed by atoms with Crippen LogP contribution in [0.25, 0.3) is 0 Å². The summed E-state index contributed by atoms with van der Waals surface area (Å²) in [6.07, 6.45) is 19.3. The molecule has 0 saturated heterocycles. The van der Waals surface area contributed by atoms with Crippen molar-refractivity contribution in [3.05, 3.63) is 13.7 Å². The number of hydrogen-bond donors (Lipinski definition) is 1. The van der Waals surface area contributed by atoms with Crippen LogP contribution < -0.4 is 9.88 Å². The Morgan fingerprint density at radius 3 is 2.06 bits per heavy atom. The van der Waals surface area contributed by atoms with Crippen molar-refractivity contribution in [3.63, 3.8) is 0 Å². The Balaban J connectivity index is 2.06. The number of rotatable bonds is 21. The molecule has 1 N–H and O–H groups in total. The summed E-state index contributed by atoms with van der Waals surface area (Å²) in [5.41, 5.74) is 0. The number of halogens is 2. The number of amides is 1. The van der Waals surface area contributed by atoms with E-state index in [0.717, 1.165) is 33.3 Å². The smallest absolute Gasteiger partial charge is 0.245 e. The standard InChI is InChI=1S/C24H43I2N3O4S/c1-2-3-4-5-6-7-8-9-10-11-12-13-17-27-22(30)16-14-18-28-21-29(24(26)23(28)25)19-15-20-34(31,32)33/h21H,2-20H2,1H3,(H-,27,30,31,32,33). The van der Waals surface area contributed by atoms with E-state index in [2.05, 4.69) is 62.0 Å². The molecule has 0 aromatic carbocycles. The summed E-state index contributed by atoms with van der Waals surface area (Å²) < 4.78 is 38.4. The number of unbranched alkanes of at least 4 members (excludes halogenated alkanes) is 11. The van der Waals surface area contributed by atoms with Gasteiger partial charge in [0, 0.05) is 63.9 Å². The van der Waals surface area contributed by atoms with Crippen LogP contribution in [0.3, 0.4) is 0 Å². The third-order valence-electron chi connectivity index (χ3n) is 5.90. The van der Waals surface area contributed by atoms with E-state index in [0.29, 0.717) is 19.4 Å². The van der Waals surface area contributed by atoms with Crippen molar-refractivity contribution in [1.82, 2.24) is 9.88 Å². The van der Waals surface area contributed by atoms with Crippen LogP contribution in [0.5, 0.6) is 0 Å². The fraction of sp³-hybridized carbons (Fsp3) is 0.833. The van der Waals surface area contributed by atoms with Gasteiger partial charge in [-0.3, -0.25) is 4.79 Å². The summed E-state index contributed by atoms with van der Waals surface area (Å²) in [6.45, 7) is 4.24. The van der Waals surface area contributed by atoms with Crippen LogP contribution in [-0.4, -0.2) is 35.7 Å². The molecule has 7 nitrogen and oxygen atoms in total. The fourth-order valence-corrected chi connectivity index (χ4v) is 5.76. The molecule has 0 fully saturated rings. The van der Waals surface area contributed by atoms with Crippen LogP contribution in [0.4, 0.5) is 0 Å². The Morgan fingerprint density at radius 2 is 1.50 bits per heavy atom. The van der Waals surface area contributed by atoms with Crippen LogP contribution in [0.2, 0.25) is 0 Å². The SMILES string of the molecule is CCCCCCCCCCCCCCNC(=O)CCC[n+]1cn(CCCS(=O)(=O)[O-])c(I)c1I. The molecule has 0 aliphatic heterocycles. The zero-order valence-corrected chi connectivity index (χ0v) is 25.8. The van der Waals surface area contributed by atoms with E-state index < -0.39 is 10.1 Å². The fourth-order valence-electron chi connectivity index (χ4n) is 3.92. The van der Waals surface area contributed by atoms with Gasteiger partial charge in [0.25, 0.3) is 0 Å². The van der Waals surface area contributed by atoms with Gasteiger partial charge < -0.3 is 9.87 Å². The number of nitrogens with one attached hydrogen (secondary N) is 1. The van der Waals surface area contributed by atoms with Gasteiger partial charge in [0.2, 0.25) is 19.6 Å². The lowest BCUT2D eigenvalue weighted by Crippen LogP contribution is -2.36. The zero-order valence-electron chi connectivity index (χ0n) is 20.7. The van der Waals surface area contributed by atoms with E-state index in [1.165, 1.54) is 70.6 Å². The molecule has 0 aliphatic carbocycles. The molecule has 1 rings (SSSR count). The average Bonchev–Trinajstić information content (AvgIpc) is 3.04. The van der Waals surface area contributed by atoms with Crippen LogP contribution in [0.1, 0.15) is 103 Å². The third-order valence-corrected chi connectivity index (χ3v) is 9.98. The molecule has 0 spiro atoms. The van der Waals surface area contributed by atoms with Crippen molar-refractivity contribution < 1.29 is 22.3 Å². The number of nitrogens with zero attached hydrogens (tertiary/aromatic N) is 2. The number of hydrogen-bond acceptors (Lipinski definition) is 4. The highest BCUT2D eigenvalue weighted by Gasteiger charge is 2.19. The van der Waals surface area contributed by atoms with Crippen LogP contribution in [0.15, 0.2) is 6.33 Å². The zero-order chi connectivity index (χ0) is 25.2. The van der Waals surface area contributed by atoms with Gasteiger partial charge in [0.15, 0.2) is 0 Å². The van der Waals surface area contributed by atoms with Gasteiger partial charge >= 0.3 is 0 Å². The number of imidazole rings is 1. The first-order valence-corrected chi connectivity index (χ1v) is 16.6. The first-order valence-electron chi connectivity index (χ1n) is 12.9. The minimum Gasteiger partial charge on any atom is -0.748 e. The van der Waals surface area contributed by atoms with E-state index in [4.69, 9.17) is 0 Å².